The molecule has 1 unspecified atom stereocenters. The number of carbonyl (C=O) groups is 4. The summed E-state index contributed by atoms with van der Waals surface area (Å²) >= 11 is 0. The van der Waals surface area contributed by atoms with Crippen molar-refractivity contribution in [3.05, 3.63) is 71.4 Å². The Morgan fingerprint density at radius 1 is 1.06 bits per heavy atom. The molecule has 0 bridgehead atoms. The van der Waals surface area contributed by atoms with Gasteiger partial charge in [0.15, 0.2) is 0 Å². The van der Waals surface area contributed by atoms with Crippen molar-refractivity contribution < 1.29 is 42.3 Å². The van der Waals surface area contributed by atoms with Crippen LogP contribution in [0.1, 0.15) is 80.4 Å². The van der Waals surface area contributed by atoms with Crippen molar-refractivity contribution >= 4 is 43.4 Å². The third-order valence-corrected chi connectivity index (χ3v) is 9.62. The molecule has 5 N–H and O–H groups in total. The first-order valence-corrected chi connectivity index (χ1v) is 18.5. The van der Waals surface area contributed by atoms with E-state index in [9.17, 15) is 27.7 Å². The Hall–Kier alpha value is -3.81. The molecule has 12 nitrogen and oxygen atoms in total. The molecule has 2 fully saturated rings. The number of likely N-dealkylation sites (tertiary alicyclic amines) is 2. The number of halogens is 2. The van der Waals surface area contributed by atoms with Crippen LogP contribution in [0.2, 0.25) is 0 Å². The van der Waals surface area contributed by atoms with Gasteiger partial charge in [0.2, 0.25) is 5.91 Å². The topological polar surface area (TPSA) is 177 Å². The number of nitrogens with two attached hydrogens (primary N) is 1. The standard InChI is InChI=1S/C12H22N2O2.C11H15N.C10H9F2N2O4P.C2H6.CH2O/c1-11(16)14(8-4-10-15)9-6-12-5-3-7-13(12)2;1-12-8-7-11(9-12)10-5-3-2-4-6-10;11-10(12,19(16,17)18)6-1-2-7-5(3-6)4-8(14-7)9(13)15;2*1-2/h10,12H,3-9H2,1-2H3;2-6,11H,7-9H2,1H3;1-4,14H,(H2,13,15)(H2,16,17,18);1-2H3;1H2/t12-;;;;/m1..../s1. The number of nitrogens with one attached hydrogen (secondary N) is 1. The molecule has 3 heterocycles. The Balaban J connectivity index is 0.000000371. The van der Waals surface area contributed by atoms with E-state index in [-0.39, 0.29) is 17.0 Å². The second kappa shape index (κ2) is 22.2. The molecule has 3 aromatic rings. The van der Waals surface area contributed by atoms with E-state index in [1.165, 1.54) is 56.6 Å². The van der Waals surface area contributed by atoms with Crippen LogP contribution in [0.15, 0.2) is 54.6 Å². The largest absolute Gasteiger partial charge is 0.399 e. The van der Waals surface area contributed by atoms with Crippen LogP contribution >= 0.6 is 7.60 Å². The van der Waals surface area contributed by atoms with Gasteiger partial charge in [0.25, 0.3) is 5.91 Å². The van der Waals surface area contributed by atoms with Crippen LogP contribution in [0.4, 0.5) is 8.78 Å². The number of hydrogen-bond acceptors (Lipinski definition) is 7. The van der Waals surface area contributed by atoms with E-state index < -0.39 is 24.7 Å². The molecule has 2 aromatic carbocycles. The number of alkyl halides is 2. The summed E-state index contributed by atoms with van der Waals surface area (Å²) in [5.41, 5.74) is 1.79. The van der Waals surface area contributed by atoms with E-state index >= 15 is 0 Å². The van der Waals surface area contributed by atoms with Crippen LogP contribution in [0, 0.1) is 0 Å². The van der Waals surface area contributed by atoms with Crippen molar-refractivity contribution in [3.8, 4) is 0 Å². The summed E-state index contributed by atoms with van der Waals surface area (Å²) in [7, 11) is -1.28. The van der Waals surface area contributed by atoms with Crippen LogP contribution in [0.3, 0.4) is 0 Å². The fraction of sp³-hybridized carbons (Fsp3) is 0.500. The first-order chi connectivity index (χ1) is 24.1. The summed E-state index contributed by atoms with van der Waals surface area (Å²) in [6.07, 6.45) is 6.15. The Morgan fingerprint density at radius 3 is 2.20 bits per heavy atom. The zero-order valence-corrected chi connectivity index (χ0v) is 31.2. The van der Waals surface area contributed by atoms with Gasteiger partial charge in [0.1, 0.15) is 18.8 Å². The molecule has 15 heteroatoms. The maximum absolute atomic E-state index is 13.5. The number of primary amides is 1. The van der Waals surface area contributed by atoms with E-state index in [1.54, 1.807) is 11.8 Å². The Morgan fingerprint density at radius 2 is 1.71 bits per heavy atom. The lowest BCUT2D eigenvalue weighted by Gasteiger charge is -2.25. The normalized spacial score (nSPS) is 17.4. The fourth-order valence-electron chi connectivity index (χ4n) is 5.84. The Bertz CT molecular complexity index is 1550. The molecule has 51 heavy (non-hydrogen) atoms. The minimum absolute atomic E-state index is 0.0200. The minimum Gasteiger partial charge on any atom is -0.364 e. The number of aldehydes is 1. The van der Waals surface area contributed by atoms with Gasteiger partial charge >= 0.3 is 13.3 Å². The van der Waals surface area contributed by atoms with Crippen LogP contribution in [-0.2, 0) is 24.6 Å². The van der Waals surface area contributed by atoms with Crippen LogP contribution in [0.25, 0.3) is 10.9 Å². The smallest absolute Gasteiger partial charge is 0.364 e. The number of rotatable bonds is 10. The highest BCUT2D eigenvalue weighted by Gasteiger charge is 2.50. The number of benzene rings is 2. The van der Waals surface area contributed by atoms with Gasteiger partial charge in [-0.25, -0.2) is 0 Å². The lowest BCUT2D eigenvalue weighted by molar-refractivity contribution is -0.129. The van der Waals surface area contributed by atoms with E-state index in [4.69, 9.17) is 20.3 Å². The molecule has 0 aliphatic carbocycles. The van der Waals surface area contributed by atoms with Crippen molar-refractivity contribution in [2.45, 2.75) is 70.5 Å². The predicted molar refractivity (Wildman–Crippen MR) is 196 cm³/mol. The van der Waals surface area contributed by atoms with Crippen molar-refractivity contribution in [1.82, 2.24) is 19.7 Å². The van der Waals surface area contributed by atoms with Crippen molar-refractivity contribution in [2.24, 2.45) is 5.73 Å². The van der Waals surface area contributed by atoms with Gasteiger partial charge in [-0.2, -0.15) is 8.78 Å². The van der Waals surface area contributed by atoms with Gasteiger partial charge in [0, 0.05) is 55.5 Å². The third kappa shape index (κ3) is 14.0. The Kier molecular flexibility index (Phi) is 19.7. The summed E-state index contributed by atoms with van der Waals surface area (Å²) in [5, 5.41) is 0.208. The van der Waals surface area contributed by atoms with Gasteiger partial charge in [-0.3, -0.25) is 14.2 Å². The molecule has 5 rings (SSSR count). The molecule has 2 aliphatic rings. The summed E-state index contributed by atoms with van der Waals surface area (Å²) < 4.78 is 37.7. The molecule has 0 radical (unpaired) electrons. The third-order valence-electron chi connectivity index (χ3n) is 8.63. The van der Waals surface area contributed by atoms with Crippen LogP contribution in [0.5, 0.6) is 0 Å². The molecular weight excluding hydrogens is 683 g/mol. The molecule has 1 aromatic heterocycles. The number of likely N-dealkylation sites (N-methyl/N-ethyl adjacent to an activating group) is 1. The average Bonchev–Trinajstić information content (AvgIpc) is 3.86. The number of aromatic nitrogens is 1. The maximum Gasteiger partial charge on any atom is 0.399 e. The van der Waals surface area contributed by atoms with Gasteiger partial charge in [-0.1, -0.05) is 50.2 Å². The first-order valence-electron chi connectivity index (χ1n) is 16.9. The van der Waals surface area contributed by atoms with Crippen LogP contribution < -0.4 is 5.73 Å². The number of aromatic amines is 1. The zero-order valence-electron chi connectivity index (χ0n) is 30.3. The van der Waals surface area contributed by atoms with Crippen molar-refractivity contribution in [1.29, 1.82) is 0 Å². The lowest BCUT2D eigenvalue weighted by atomic mass is 9.99. The summed E-state index contributed by atoms with van der Waals surface area (Å²) in [6.45, 7) is 12.6. The maximum atomic E-state index is 13.5. The number of amides is 2. The highest BCUT2D eigenvalue weighted by atomic mass is 31.2. The fourth-order valence-corrected chi connectivity index (χ4v) is 6.31. The second-order valence-corrected chi connectivity index (χ2v) is 13.8. The molecule has 0 spiro atoms. The summed E-state index contributed by atoms with van der Waals surface area (Å²) in [4.78, 5) is 67.0. The lowest BCUT2D eigenvalue weighted by Crippen LogP contribution is -2.35. The first kappa shape index (κ1) is 45.2. The van der Waals surface area contributed by atoms with Crippen molar-refractivity contribution in [2.75, 3.05) is 46.8 Å². The molecule has 2 saturated heterocycles. The minimum atomic E-state index is -5.62. The predicted octanol–water partition coefficient (Wildman–Crippen LogP) is 5.35. The average molecular weight is 738 g/mol. The van der Waals surface area contributed by atoms with E-state index in [0.29, 0.717) is 24.5 Å². The number of H-pyrrole nitrogens is 1. The highest BCUT2D eigenvalue weighted by Crippen LogP contribution is 2.59. The number of fused-ring (bicyclic) bond motifs is 1. The quantitative estimate of drug-likeness (QED) is 0.158. The number of carbonyl (C=O) groups excluding carboxylic acids is 4. The molecule has 284 valence electrons. The molecule has 2 amide bonds. The molecule has 2 aliphatic heterocycles. The monoisotopic (exact) mass is 737 g/mol. The van der Waals surface area contributed by atoms with E-state index in [2.05, 4.69) is 59.2 Å². The van der Waals surface area contributed by atoms with Gasteiger partial charge < -0.3 is 44.8 Å². The van der Waals surface area contributed by atoms with Gasteiger partial charge in [0.05, 0.1) is 0 Å². The summed E-state index contributed by atoms with van der Waals surface area (Å²) in [6, 6.07) is 15.6. The van der Waals surface area contributed by atoms with Gasteiger partial charge in [-0.05, 0) is 82.5 Å². The number of hydrogen-bond donors (Lipinski definition) is 4. The summed E-state index contributed by atoms with van der Waals surface area (Å²) in [5.74, 6) is 0.0817. The second-order valence-electron chi connectivity index (χ2n) is 12.1. The van der Waals surface area contributed by atoms with E-state index in [0.717, 1.165) is 37.3 Å². The van der Waals surface area contributed by atoms with Crippen LogP contribution in [-0.4, -0.2) is 107 Å². The highest BCUT2D eigenvalue weighted by molar-refractivity contribution is 7.52. The molecule has 2 atom stereocenters. The SMILES string of the molecule is C=O.CC.CC(=O)N(CCC=O)CC[C@H]1CCCN1C.CN1CCC(c2ccccc2)C1.NC(=O)c1cc2cc(C(F)(F)P(=O)(O)O)ccc2[nH]1. The van der Waals surface area contributed by atoms with Gasteiger partial charge in [-0.15, -0.1) is 0 Å². The van der Waals surface area contributed by atoms with Crippen molar-refractivity contribution in [3.63, 3.8) is 0 Å². The number of nitrogens with zero attached hydrogens (tertiary/aromatic N) is 3. The zero-order chi connectivity index (χ0) is 38.8. The Labute approximate surface area is 299 Å². The molecule has 0 saturated carbocycles. The van der Waals surface area contributed by atoms with E-state index in [1.807, 2.05) is 20.6 Å². The molecular formula is C36H54F2N5O7P.